The van der Waals surface area contributed by atoms with Gasteiger partial charge in [-0.25, -0.2) is 0 Å². The first-order valence-electron chi connectivity index (χ1n) is 7.77. The van der Waals surface area contributed by atoms with E-state index in [9.17, 15) is 0 Å². The fourth-order valence-corrected chi connectivity index (χ4v) is 3.80. The average Bonchev–Trinajstić information content (AvgIpc) is 2.82. The number of piperidine rings is 1. The molecule has 2 heterocycles. The highest BCUT2D eigenvalue weighted by molar-refractivity contribution is 5.36. The summed E-state index contributed by atoms with van der Waals surface area (Å²) in [4.78, 5) is 2.61. The molecular formula is C17H26N2O. The second-order valence-electron chi connectivity index (χ2n) is 6.53. The molecule has 2 aliphatic rings. The van der Waals surface area contributed by atoms with Crippen LogP contribution in [0.1, 0.15) is 30.4 Å². The minimum Gasteiger partial charge on any atom is -0.496 e. The van der Waals surface area contributed by atoms with Crippen molar-refractivity contribution < 1.29 is 4.74 Å². The van der Waals surface area contributed by atoms with E-state index in [0.717, 1.165) is 12.3 Å². The van der Waals surface area contributed by atoms with Crippen LogP contribution >= 0.6 is 0 Å². The van der Waals surface area contributed by atoms with Crippen LogP contribution < -0.4 is 10.1 Å². The van der Waals surface area contributed by atoms with Gasteiger partial charge < -0.3 is 10.1 Å². The SMILES string of the molecule is COc1ccc(C)cc1CN1CCC2(CCNCC2)C1. The van der Waals surface area contributed by atoms with Crippen LogP contribution in [-0.2, 0) is 6.54 Å². The van der Waals surface area contributed by atoms with Gasteiger partial charge in [-0.3, -0.25) is 4.90 Å². The molecule has 2 aliphatic heterocycles. The van der Waals surface area contributed by atoms with E-state index in [2.05, 4.69) is 35.3 Å². The zero-order chi connectivity index (χ0) is 14.0. The fourth-order valence-electron chi connectivity index (χ4n) is 3.80. The highest BCUT2D eigenvalue weighted by Gasteiger charge is 2.38. The first kappa shape index (κ1) is 13.9. The summed E-state index contributed by atoms with van der Waals surface area (Å²) in [6.07, 6.45) is 4.05. The Kier molecular flexibility index (Phi) is 3.99. The molecular weight excluding hydrogens is 248 g/mol. The van der Waals surface area contributed by atoms with Gasteiger partial charge in [0, 0.05) is 18.7 Å². The molecule has 0 atom stereocenters. The number of methoxy groups -OCH3 is 1. The molecule has 0 unspecified atom stereocenters. The molecule has 0 saturated carbocycles. The van der Waals surface area contributed by atoms with Crippen molar-refractivity contribution in [2.75, 3.05) is 33.3 Å². The molecule has 0 amide bonds. The van der Waals surface area contributed by atoms with E-state index in [4.69, 9.17) is 4.74 Å². The molecule has 1 spiro atoms. The lowest BCUT2D eigenvalue weighted by molar-refractivity contribution is 0.193. The third-order valence-electron chi connectivity index (χ3n) is 5.01. The Morgan fingerprint density at radius 2 is 2.05 bits per heavy atom. The fraction of sp³-hybridized carbons (Fsp3) is 0.647. The van der Waals surface area contributed by atoms with Gasteiger partial charge in [0.2, 0.25) is 0 Å². The molecule has 2 saturated heterocycles. The number of aryl methyl sites for hydroxylation is 1. The van der Waals surface area contributed by atoms with Crippen molar-refractivity contribution >= 4 is 0 Å². The van der Waals surface area contributed by atoms with E-state index in [-0.39, 0.29) is 0 Å². The molecule has 0 aliphatic carbocycles. The predicted molar refractivity (Wildman–Crippen MR) is 82.2 cm³/mol. The predicted octanol–water partition coefficient (Wildman–Crippen LogP) is 2.58. The van der Waals surface area contributed by atoms with Gasteiger partial charge in [0.15, 0.2) is 0 Å². The highest BCUT2D eigenvalue weighted by atomic mass is 16.5. The summed E-state index contributed by atoms with van der Waals surface area (Å²) in [5.74, 6) is 1.03. The van der Waals surface area contributed by atoms with E-state index >= 15 is 0 Å². The largest absolute Gasteiger partial charge is 0.496 e. The topological polar surface area (TPSA) is 24.5 Å². The lowest BCUT2D eigenvalue weighted by atomic mass is 9.78. The van der Waals surface area contributed by atoms with Crippen LogP contribution in [0.25, 0.3) is 0 Å². The second kappa shape index (κ2) is 5.74. The molecule has 3 nitrogen and oxygen atoms in total. The maximum absolute atomic E-state index is 5.51. The Labute approximate surface area is 122 Å². The van der Waals surface area contributed by atoms with Crippen molar-refractivity contribution in [3.8, 4) is 5.75 Å². The first-order valence-corrected chi connectivity index (χ1v) is 7.77. The standard InChI is InChI=1S/C17H26N2O/c1-14-3-4-16(20-2)15(11-14)12-19-10-7-17(13-19)5-8-18-9-6-17/h3-4,11,18H,5-10,12-13H2,1-2H3. The van der Waals surface area contributed by atoms with E-state index in [1.54, 1.807) is 7.11 Å². The van der Waals surface area contributed by atoms with Crippen LogP contribution in [0.15, 0.2) is 18.2 Å². The monoisotopic (exact) mass is 274 g/mol. The van der Waals surface area contributed by atoms with Crippen LogP contribution in [0.4, 0.5) is 0 Å². The Morgan fingerprint density at radius 3 is 2.80 bits per heavy atom. The van der Waals surface area contributed by atoms with Crippen molar-refractivity contribution in [1.82, 2.24) is 10.2 Å². The number of benzene rings is 1. The molecule has 0 aromatic heterocycles. The van der Waals surface area contributed by atoms with Crippen LogP contribution in [-0.4, -0.2) is 38.2 Å². The summed E-state index contributed by atoms with van der Waals surface area (Å²) in [7, 11) is 1.77. The average molecular weight is 274 g/mol. The van der Waals surface area contributed by atoms with Crippen molar-refractivity contribution in [2.24, 2.45) is 5.41 Å². The molecule has 1 aromatic carbocycles. The number of hydrogen-bond donors (Lipinski definition) is 1. The van der Waals surface area contributed by atoms with Gasteiger partial charge in [0.25, 0.3) is 0 Å². The zero-order valence-corrected chi connectivity index (χ0v) is 12.7. The lowest BCUT2D eigenvalue weighted by Crippen LogP contribution is -2.38. The summed E-state index contributed by atoms with van der Waals surface area (Å²) >= 11 is 0. The molecule has 3 rings (SSSR count). The van der Waals surface area contributed by atoms with Gasteiger partial charge in [-0.15, -0.1) is 0 Å². The van der Waals surface area contributed by atoms with Crippen molar-refractivity contribution in [2.45, 2.75) is 32.7 Å². The van der Waals surface area contributed by atoms with Crippen LogP contribution in [0.5, 0.6) is 5.75 Å². The quantitative estimate of drug-likeness (QED) is 0.917. The number of nitrogens with one attached hydrogen (secondary N) is 1. The molecule has 1 N–H and O–H groups in total. The molecule has 0 bridgehead atoms. The lowest BCUT2D eigenvalue weighted by Gasteiger charge is -2.34. The van der Waals surface area contributed by atoms with E-state index < -0.39 is 0 Å². The van der Waals surface area contributed by atoms with Crippen molar-refractivity contribution in [3.63, 3.8) is 0 Å². The number of nitrogens with zero attached hydrogens (tertiary/aromatic N) is 1. The smallest absolute Gasteiger partial charge is 0.123 e. The van der Waals surface area contributed by atoms with Crippen LogP contribution in [0, 0.1) is 12.3 Å². The van der Waals surface area contributed by atoms with Crippen LogP contribution in [0.2, 0.25) is 0 Å². The second-order valence-corrected chi connectivity index (χ2v) is 6.53. The van der Waals surface area contributed by atoms with Gasteiger partial charge in [-0.05, 0) is 57.3 Å². The molecule has 110 valence electrons. The summed E-state index contributed by atoms with van der Waals surface area (Å²) < 4.78 is 5.51. The van der Waals surface area contributed by atoms with Gasteiger partial charge in [-0.1, -0.05) is 17.7 Å². The number of likely N-dealkylation sites (tertiary alicyclic amines) is 1. The molecule has 0 radical (unpaired) electrons. The van der Waals surface area contributed by atoms with Gasteiger partial charge in [0.1, 0.15) is 5.75 Å². The summed E-state index contributed by atoms with van der Waals surface area (Å²) in [5, 5.41) is 3.49. The normalized spacial score (nSPS) is 22.3. The number of ether oxygens (including phenoxy) is 1. The number of hydrogen-bond acceptors (Lipinski definition) is 3. The van der Waals surface area contributed by atoms with Gasteiger partial charge in [-0.2, -0.15) is 0 Å². The number of rotatable bonds is 3. The summed E-state index contributed by atoms with van der Waals surface area (Å²) in [5.41, 5.74) is 3.23. The van der Waals surface area contributed by atoms with Crippen molar-refractivity contribution in [3.05, 3.63) is 29.3 Å². The summed E-state index contributed by atoms with van der Waals surface area (Å²) in [6, 6.07) is 6.49. The van der Waals surface area contributed by atoms with E-state index in [1.165, 1.54) is 56.6 Å². The highest BCUT2D eigenvalue weighted by Crippen LogP contribution is 2.39. The zero-order valence-electron chi connectivity index (χ0n) is 12.7. The third-order valence-corrected chi connectivity index (χ3v) is 5.01. The van der Waals surface area contributed by atoms with Gasteiger partial charge >= 0.3 is 0 Å². The Hall–Kier alpha value is -1.06. The Morgan fingerprint density at radius 1 is 1.25 bits per heavy atom. The molecule has 1 aromatic rings. The Bertz CT molecular complexity index is 466. The Balaban J connectivity index is 1.68. The third kappa shape index (κ3) is 2.84. The summed E-state index contributed by atoms with van der Waals surface area (Å²) in [6.45, 7) is 8.06. The molecule has 20 heavy (non-hydrogen) atoms. The van der Waals surface area contributed by atoms with E-state index in [0.29, 0.717) is 5.41 Å². The minimum atomic E-state index is 0.586. The molecule has 2 fully saturated rings. The van der Waals surface area contributed by atoms with Crippen LogP contribution in [0.3, 0.4) is 0 Å². The maximum Gasteiger partial charge on any atom is 0.123 e. The van der Waals surface area contributed by atoms with E-state index in [1.807, 2.05) is 0 Å². The van der Waals surface area contributed by atoms with Crippen molar-refractivity contribution in [1.29, 1.82) is 0 Å². The minimum absolute atomic E-state index is 0.586. The van der Waals surface area contributed by atoms with Gasteiger partial charge in [0.05, 0.1) is 7.11 Å². The molecule has 3 heteroatoms. The first-order chi connectivity index (χ1) is 9.71. The maximum atomic E-state index is 5.51.